The van der Waals surface area contributed by atoms with E-state index in [1.165, 1.54) is 6.20 Å². The van der Waals surface area contributed by atoms with Crippen LogP contribution in [0.25, 0.3) is 0 Å². The highest BCUT2D eigenvalue weighted by Gasteiger charge is 2.43. The molecule has 18 heavy (non-hydrogen) atoms. The number of alkyl halides is 3. The lowest BCUT2D eigenvalue weighted by atomic mass is 10.0. The minimum Gasteiger partial charge on any atom is -0.481 e. The zero-order valence-electron chi connectivity index (χ0n) is 9.57. The Morgan fingerprint density at radius 1 is 1.50 bits per heavy atom. The summed E-state index contributed by atoms with van der Waals surface area (Å²) in [5.41, 5.74) is -0.179. The Labute approximate surface area is 101 Å². The number of aromatic nitrogens is 2. The molecule has 1 N–H and O–H groups in total. The van der Waals surface area contributed by atoms with Gasteiger partial charge in [0.2, 0.25) is 0 Å². The lowest BCUT2D eigenvalue weighted by Crippen LogP contribution is -2.24. The molecule has 0 aliphatic carbocycles. The first kappa shape index (κ1) is 12.9. The summed E-state index contributed by atoms with van der Waals surface area (Å²) >= 11 is 0. The van der Waals surface area contributed by atoms with Crippen LogP contribution >= 0.6 is 0 Å². The van der Waals surface area contributed by atoms with Gasteiger partial charge in [0.05, 0.1) is 12.1 Å². The largest absolute Gasteiger partial charge is 0.481 e. The number of carboxylic acids is 1. The number of carboxylic acid groups (broad SMARTS) is 1. The van der Waals surface area contributed by atoms with Crippen LogP contribution in [0.5, 0.6) is 0 Å². The van der Waals surface area contributed by atoms with Gasteiger partial charge in [0.1, 0.15) is 11.7 Å². The lowest BCUT2D eigenvalue weighted by molar-refractivity contribution is -0.163. The molecule has 1 aliphatic heterocycles. The molecule has 2 rings (SSSR count). The van der Waals surface area contributed by atoms with Gasteiger partial charge in [-0.25, -0.2) is 4.98 Å². The molecule has 1 aliphatic rings. The van der Waals surface area contributed by atoms with Gasteiger partial charge in [-0.05, 0) is 12.8 Å². The van der Waals surface area contributed by atoms with Gasteiger partial charge in [0, 0.05) is 19.2 Å². The highest BCUT2D eigenvalue weighted by atomic mass is 19.4. The molecule has 0 fully saturated rings. The van der Waals surface area contributed by atoms with Gasteiger partial charge in [-0.15, -0.1) is 0 Å². The van der Waals surface area contributed by atoms with E-state index in [-0.39, 0.29) is 5.69 Å². The van der Waals surface area contributed by atoms with E-state index in [0.29, 0.717) is 18.8 Å². The van der Waals surface area contributed by atoms with E-state index in [2.05, 4.69) is 4.98 Å². The second kappa shape index (κ2) is 4.62. The van der Waals surface area contributed by atoms with Gasteiger partial charge in [0.15, 0.2) is 0 Å². The molecule has 0 aromatic carbocycles. The Bertz CT molecular complexity index is 430. The number of nitrogens with zero attached hydrogens (tertiary/aromatic N) is 2. The van der Waals surface area contributed by atoms with Crippen molar-refractivity contribution in [2.75, 3.05) is 0 Å². The lowest BCUT2D eigenvalue weighted by Gasteiger charge is -2.16. The van der Waals surface area contributed by atoms with Gasteiger partial charge in [-0.3, -0.25) is 4.79 Å². The van der Waals surface area contributed by atoms with E-state index in [1.807, 2.05) is 0 Å². The molecule has 0 bridgehead atoms. The zero-order valence-corrected chi connectivity index (χ0v) is 9.57. The number of hydrogen-bond donors (Lipinski definition) is 1. The predicted molar refractivity (Wildman–Crippen MR) is 56.2 cm³/mol. The summed E-state index contributed by atoms with van der Waals surface area (Å²) in [5, 5.41) is 8.58. The van der Waals surface area contributed by atoms with Crippen LogP contribution in [0.1, 0.15) is 36.7 Å². The van der Waals surface area contributed by atoms with E-state index in [0.717, 1.165) is 12.8 Å². The maximum absolute atomic E-state index is 12.8. The van der Waals surface area contributed by atoms with E-state index in [9.17, 15) is 18.0 Å². The second-order valence-electron chi connectivity index (χ2n) is 4.42. The molecule has 100 valence electrons. The Morgan fingerprint density at radius 2 is 2.22 bits per heavy atom. The first-order valence-electron chi connectivity index (χ1n) is 5.72. The average Bonchev–Trinajstić information content (AvgIpc) is 2.67. The number of carbonyl (C=O) groups is 1. The fourth-order valence-electron chi connectivity index (χ4n) is 2.17. The van der Waals surface area contributed by atoms with E-state index < -0.39 is 24.5 Å². The van der Waals surface area contributed by atoms with Crippen molar-refractivity contribution < 1.29 is 23.1 Å². The topological polar surface area (TPSA) is 55.1 Å². The summed E-state index contributed by atoms with van der Waals surface area (Å²) in [6.07, 6.45) is -1.74. The Balaban J connectivity index is 2.30. The zero-order chi connectivity index (χ0) is 13.3. The summed E-state index contributed by atoms with van der Waals surface area (Å²) in [5.74, 6) is -2.87. The number of aryl methyl sites for hydroxylation is 2. The van der Waals surface area contributed by atoms with Gasteiger partial charge in [-0.1, -0.05) is 0 Å². The molecule has 4 nitrogen and oxygen atoms in total. The van der Waals surface area contributed by atoms with Crippen molar-refractivity contribution in [3.05, 3.63) is 17.7 Å². The number of fused-ring (bicyclic) bond motifs is 1. The molecule has 1 unspecified atom stereocenters. The van der Waals surface area contributed by atoms with Crippen LogP contribution in [-0.2, 0) is 17.8 Å². The first-order valence-corrected chi connectivity index (χ1v) is 5.72. The number of hydrogen-bond acceptors (Lipinski definition) is 2. The maximum Gasteiger partial charge on any atom is 0.397 e. The molecular weight excluding hydrogens is 249 g/mol. The third-order valence-electron chi connectivity index (χ3n) is 3.06. The SMILES string of the molecule is O=C(O)CC(c1cn2c(n1)CCCC2)C(F)(F)F. The highest BCUT2D eigenvalue weighted by Crippen LogP contribution is 2.37. The Kier molecular flexibility index (Phi) is 3.32. The van der Waals surface area contributed by atoms with E-state index in [4.69, 9.17) is 5.11 Å². The molecule has 1 aromatic rings. The van der Waals surface area contributed by atoms with E-state index in [1.54, 1.807) is 4.57 Å². The standard InChI is InChI=1S/C11H13F3N2O2/c12-11(13,14)7(5-10(17)18)8-6-16-4-2-1-3-9(16)15-8/h6-7H,1-5H2,(H,17,18). The predicted octanol–water partition coefficient (Wildman–Crippen LogP) is 2.34. The fraction of sp³-hybridized carbons (Fsp3) is 0.636. The smallest absolute Gasteiger partial charge is 0.397 e. The molecule has 2 heterocycles. The number of aliphatic carboxylic acids is 1. The molecule has 1 aromatic heterocycles. The van der Waals surface area contributed by atoms with Gasteiger partial charge in [-0.2, -0.15) is 13.2 Å². The second-order valence-corrected chi connectivity index (χ2v) is 4.42. The summed E-state index contributed by atoms with van der Waals surface area (Å²) in [4.78, 5) is 14.5. The van der Waals surface area contributed by atoms with Crippen LogP contribution in [-0.4, -0.2) is 26.8 Å². The van der Waals surface area contributed by atoms with E-state index >= 15 is 0 Å². The number of imidazole rings is 1. The van der Waals surface area contributed by atoms with Gasteiger partial charge in [0.25, 0.3) is 0 Å². The molecule has 0 spiro atoms. The Hall–Kier alpha value is -1.53. The summed E-state index contributed by atoms with van der Waals surface area (Å²) < 4.78 is 40.1. The van der Waals surface area contributed by atoms with Gasteiger partial charge >= 0.3 is 12.1 Å². The molecular formula is C11H13F3N2O2. The first-order chi connectivity index (χ1) is 8.38. The highest BCUT2D eigenvalue weighted by molar-refractivity contribution is 5.68. The van der Waals surface area contributed by atoms with Crippen molar-refractivity contribution in [2.24, 2.45) is 0 Å². The van der Waals surface area contributed by atoms with Crippen molar-refractivity contribution in [3.8, 4) is 0 Å². The molecule has 0 radical (unpaired) electrons. The molecule has 0 amide bonds. The molecule has 0 saturated heterocycles. The van der Waals surface area contributed by atoms with Crippen LogP contribution in [0.2, 0.25) is 0 Å². The van der Waals surface area contributed by atoms with Gasteiger partial charge < -0.3 is 9.67 Å². The average molecular weight is 262 g/mol. The monoisotopic (exact) mass is 262 g/mol. The number of halogens is 3. The van der Waals surface area contributed by atoms with Crippen molar-refractivity contribution in [1.29, 1.82) is 0 Å². The molecule has 0 saturated carbocycles. The molecule has 1 atom stereocenters. The maximum atomic E-state index is 12.8. The van der Waals surface area contributed by atoms with Crippen LogP contribution in [0.3, 0.4) is 0 Å². The van der Waals surface area contributed by atoms with Crippen LogP contribution in [0.4, 0.5) is 13.2 Å². The summed E-state index contributed by atoms with van der Waals surface area (Å²) in [6.45, 7) is 0.653. The summed E-state index contributed by atoms with van der Waals surface area (Å²) in [7, 11) is 0. The quantitative estimate of drug-likeness (QED) is 0.909. The minimum atomic E-state index is -4.58. The number of rotatable bonds is 3. The third kappa shape index (κ3) is 2.65. The normalized spacial score (nSPS) is 17.3. The van der Waals surface area contributed by atoms with Crippen LogP contribution in [0.15, 0.2) is 6.20 Å². The van der Waals surface area contributed by atoms with Crippen molar-refractivity contribution in [1.82, 2.24) is 9.55 Å². The minimum absolute atomic E-state index is 0.179. The third-order valence-corrected chi connectivity index (χ3v) is 3.06. The Morgan fingerprint density at radius 3 is 2.78 bits per heavy atom. The summed E-state index contributed by atoms with van der Waals surface area (Å²) in [6, 6.07) is 0. The van der Waals surface area contributed by atoms with Crippen LogP contribution in [0, 0.1) is 0 Å². The van der Waals surface area contributed by atoms with Crippen molar-refractivity contribution >= 4 is 5.97 Å². The van der Waals surface area contributed by atoms with Crippen LogP contribution < -0.4 is 0 Å². The van der Waals surface area contributed by atoms with Crippen molar-refractivity contribution in [3.63, 3.8) is 0 Å². The molecule has 7 heteroatoms. The van der Waals surface area contributed by atoms with Crippen molar-refractivity contribution in [2.45, 2.75) is 44.3 Å². The fourth-order valence-corrected chi connectivity index (χ4v) is 2.17.